The molecule has 2 aliphatic rings. The van der Waals surface area contributed by atoms with Crippen molar-refractivity contribution in [3.8, 4) is 0 Å². The molecule has 118 valence electrons. The number of hydrogen-bond donors (Lipinski definition) is 1. The summed E-state index contributed by atoms with van der Waals surface area (Å²) in [6.07, 6.45) is 7.20. The molecule has 1 saturated carbocycles. The summed E-state index contributed by atoms with van der Waals surface area (Å²) in [5.74, 6) is 0. The summed E-state index contributed by atoms with van der Waals surface area (Å²) in [5.41, 5.74) is 6.82. The molecule has 0 aromatic carbocycles. The molecule has 0 radical (unpaired) electrons. The maximum absolute atomic E-state index is 6.67. The molecule has 1 saturated heterocycles. The molecule has 2 fully saturated rings. The lowest BCUT2D eigenvalue weighted by molar-refractivity contribution is -0.0377. The van der Waals surface area contributed by atoms with Crippen LogP contribution in [-0.2, 0) is 9.47 Å². The number of nitrogens with two attached hydrogens (primary N) is 1. The lowest BCUT2D eigenvalue weighted by atomic mass is 9.82. The fraction of sp³-hybridized carbons (Fsp3) is 1.00. The van der Waals surface area contributed by atoms with Gasteiger partial charge in [-0.15, -0.1) is 0 Å². The molecule has 0 spiro atoms. The van der Waals surface area contributed by atoms with E-state index in [0.717, 1.165) is 39.1 Å². The van der Waals surface area contributed by atoms with E-state index in [1.54, 1.807) is 7.11 Å². The Labute approximate surface area is 124 Å². The SMILES string of the molecule is COC(C)(C)CCC(N)C1(N2CCOCC2)CCCC1. The van der Waals surface area contributed by atoms with Gasteiger partial charge in [-0.1, -0.05) is 12.8 Å². The quantitative estimate of drug-likeness (QED) is 0.812. The van der Waals surface area contributed by atoms with Gasteiger partial charge in [0, 0.05) is 31.8 Å². The molecule has 1 aliphatic carbocycles. The number of rotatable bonds is 6. The highest BCUT2D eigenvalue weighted by atomic mass is 16.5. The molecule has 2 N–H and O–H groups in total. The van der Waals surface area contributed by atoms with Gasteiger partial charge in [0.15, 0.2) is 0 Å². The lowest BCUT2D eigenvalue weighted by Crippen LogP contribution is -2.61. The van der Waals surface area contributed by atoms with Crippen LogP contribution in [0.15, 0.2) is 0 Å². The van der Waals surface area contributed by atoms with Crippen LogP contribution < -0.4 is 5.73 Å². The number of nitrogens with zero attached hydrogens (tertiary/aromatic N) is 1. The van der Waals surface area contributed by atoms with E-state index >= 15 is 0 Å². The molecule has 1 unspecified atom stereocenters. The first-order valence-electron chi connectivity index (χ1n) is 8.14. The highest BCUT2D eigenvalue weighted by molar-refractivity contribution is 5.03. The van der Waals surface area contributed by atoms with Crippen LogP contribution in [0.1, 0.15) is 52.4 Å². The zero-order valence-corrected chi connectivity index (χ0v) is 13.5. The average molecular weight is 284 g/mol. The molecule has 1 aliphatic heterocycles. The van der Waals surface area contributed by atoms with Crippen molar-refractivity contribution >= 4 is 0 Å². The summed E-state index contributed by atoms with van der Waals surface area (Å²) >= 11 is 0. The largest absolute Gasteiger partial charge is 0.379 e. The zero-order chi connectivity index (χ0) is 14.6. The maximum atomic E-state index is 6.67. The highest BCUT2D eigenvalue weighted by Gasteiger charge is 2.44. The van der Waals surface area contributed by atoms with E-state index in [9.17, 15) is 0 Å². The number of morpholine rings is 1. The van der Waals surface area contributed by atoms with Crippen molar-refractivity contribution in [3.63, 3.8) is 0 Å². The monoisotopic (exact) mass is 284 g/mol. The molecule has 0 bridgehead atoms. The Kier molecular flexibility index (Phi) is 5.46. The number of hydrogen-bond acceptors (Lipinski definition) is 4. The van der Waals surface area contributed by atoms with Gasteiger partial charge < -0.3 is 15.2 Å². The molecule has 0 amide bonds. The Morgan fingerprint density at radius 2 is 1.85 bits per heavy atom. The number of ether oxygens (including phenoxy) is 2. The molecular weight excluding hydrogens is 252 g/mol. The second-order valence-electron chi connectivity index (χ2n) is 7.02. The third-order valence-electron chi connectivity index (χ3n) is 5.41. The first-order chi connectivity index (χ1) is 9.50. The van der Waals surface area contributed by atoms with Crippen LogP contribution in [0.5, 0.6) is 0 Å². The second-order valence-corrected chi connectivity index (χ2v) is 7.02. The fourth-order valence-corrected chi connectivity index (χ4v) is 3.79. The molecule has 2 rings (SSSR count). The van der Waals surface area contributed by atoms with E-state index in [1.165, 1.54) is 25.7 Å². The van der Waals surface area contributed by atoms with Crippen molar-refractivity contribution < 1.29 is 9.47 Å². The molecule has 1 heterocycles. The van der Waals surface area contributed by atoms with Gasteiger partial charge in [0.2, 0.25) is 0 Å². The van der Waals surface area contributed by atoms with Gasteiger partial charge >= 0.3 is 0 Å². The predicted octanol–water partition coefficient (Wildman–Crippen LogP) is 2.16. The molecule has 0 aromatic heterocycles. The van der Waals surface area contributed by atoms with Crippen LogP contribution in [0.4, 0.5) is 0 Å². The predicted molar refractivity (Wildman–Crippen MR) is 81.9 cm³/mol. The van der Waals surface area contributed by atoms with Crippen molar-refractivity contribution in [2.24, 2.45) is 5.73 Å². The summed E-state index contributed by atoms with van der Waals surface area (Å²) in [7, 11) is 1.79. The third-order valence-corrected chi connectivity index (χ3v) is 5.41. The van der Waals surface area contributed by atoms with E-state index in [0.29, 0.717) is 0 Å². The van der Waals surface area contributed by atoms with Gasteiger partial charge in [0.1, 0.15) is 0 Å². The maximum Gasteiger partial charge on any atom is 0.0623 e. The van der Waals surface area contributed by atoms with E-state index in [-0.39, 0.29) is 17.2 Å². The van der Waals surface area contributed by atoms with Crippen molar-refractivity contribution in [2.45, 2.75) is 69.6 Å². The molecular formula is C16H32N2O2. The summed E-state index contributed by atoms with van der Waals surface area (Å²) in [6.45, 7) is 8.10. The zero-order valence-electron chi connectivity index (χ0n) is 13.5. The van der Waals surface area contributed by atoms with Crippen LogP contribution in [0, 0.1) is 0 Å². The molecule has 4 nitrogen and oxygen atoms in total. The Morgan fingerprint density at radius 1 is 1.25 bits per heavy atom. The standard InChI is InChI=1S/C16H32N2O2/c1-15(2,19-3)9-6-14(17)16(7-4-5-8-16)18-10-12-20-13-11-18/h14H,4-13,17H2,1-3H3. The molecule has 1 atom stereocenters. The topological polar surface area (TPSA) is 47.7 Å². The van der Waals surface area contributed by atoms with E-state index in [4.69, 9.17) is 15.2 Å². The van der Waals surface area contributed by atoms with Crippen molar-refractivity contribution in [1.82, 2.24) is 4.90 Å². The minimum absolute atomic E-state index is 0.0670. The van der Waals surface area contributed by atoms with Gasteiger partial charge in [-0.2, -0.15) is 0 Å². The number of methoxy groups -OCH3 is 1. The fourth-order valence-electron chi connectivity index (χ4n) is 3.79. The second kappa shape index (κ2) is 6.73. The Morgan fingerprint density at radius 3 is 2.40 bits per heavy atom. The van der Waals surface area contributed by atoms with Crippen LogP contribution in [-0.4, -0.2) is 55.5 Å². The van der Waals surface area contributed by atoms with Crippen molar-refractivity contribution in [3.05, 3.63) is 0 Å². The van der Waals surface area contributed by atoms with Crippen LogP contribution in [0.3, 0.4) is 0 Å². The molecule has 20 heavy (non-hydrogen) atoms. The van der Waals surface area contributed by atoms with Gasteiger partial charge in [-0.05, 0) is 39.5 Å². The first-order valence-corrected chi connectivity index (χ1v) is 8.14. The highest BCUT2D eigenvalue weighted by Crippen LogP contribution is 2.39. The molecule has 4 heteroatoms. The average Bonchev–Trinajstić information content (AvgIpc) is 2.97. The van der Waals surface area contributed by atoms with Crippen molar-refractivity contribution in [1.29, 1.82) is 0 Å². The third kappa shape index (κ3) is 3.53. The van der Waals surface area contributed by atoms with Crippen LogP contribution in [0.2, 0.25) is 0 Å². The van der Waals surface area contributed by atoms with Crippen LogP contribution in [0.25, 0.3) is 0 Å². The normalized spacial score (nSPS) is 25.8. The summed E-state index contributed by atoms with van der Waals surface area (Å²) < 4.78 is 11.1. The van der Waals surface area contributed by atoms with E-state index in [1.807, 2.05) is 0 Å². The summed E-state index contributed by atoms with van der Waals surface area (Å²) in [5, 5.41) is 0. The van der Waals surface area contributed by atoms with Crippen molar-refractivity contribution in [2.75, 3.05) is 33.4 Å². The first kappa shape index (κ1) is 16.2. The van der Waals surface area contributed by atoms with Gasteiger partial charge in [-0.3, -0.25) is 4.90 Å². The van der Waals surface area contributed by atoms with E-state index < -0.39 is 0 Å². The van der Waals surface area contributed by atoms with E-state index in [2.05, 4.69) is 18.7 Å². The van der Waals surface area contributed by atoms with Gasteiger partial charge in [0.05, 0.1) is 18.8 Å². The Hall–Kier alpha value is -0.160. The van der Waals surface area contributed by atoms with Gasteiger partial charge in [-0.25, -0.2) is 0 Å². The van der Waals surface area contributed by atoms with Gasteiger partial charge in [0.25, 0.3) is 0 Å². The summed E-state index contributed by atoms with van der Waals surface area (Å²) in [4.78, 5) is 2.62. The lowest BCUT2D eigenvalue weighted by Gasteiger charge is -2.47. The minimum Gasteiger partial charge on any atom is -0.379 e. The Balaban J connectivity index is 2.00. The minimum atomic E-state index is -0.0670. The smallest absolute Gasteiger partial charge is 0.0623 e. The molecule has 0 aromatic rings. The Bertz CT molecular complexity index is 295. The van der Waals surface area contributed by atoms with Crippen LogP contribution >= 0.6 is 0 Å². The summed E-state index contributed by atoms with van der Waals surface area (Å²) in [6, 6.07) is 0.248.